The zero-order valence-electron chi connectivity index (χ0n) is 34.8. The van der Waals surface area contributed by atoms with Gasteiger partial charge in [0.2, 0.25) is 0 Å². The summed E-state index contributed by atoms with van der Waals surface area (Å²) in [4.78, 5) is 21.8. The summed E-state index contributed by atoms with van der Waals surface area (Å²) in [7, 11) is -19.8. The van der Waals surface area contributed by atoms with Crippen molar-refractivity contribution in [3.05, 3.63) is 115 Å². The number of rotatable bonds is 10. The molecular formula is C32H18Cl2CrN8Na4O16S4-. The monoisotopic (exact) mass is 1110 g/mol. The quantitative estimate of drug-likeness (QED) is 0.0698. The number of aryl methyl sites for hydroxylation is 2. The van der Waals surface area contributed by atoms with E-state index < -0.39 is 94.0 Å². The van der Waals surface area contributed by atoms with Crippen LogP contribution in [0, 0.1) is 13.8 Å². The smallest absolute Gasteiger partial charge is 0.870 e. The fourth-order valence-electron chi connectivity index (χ4n) is 4.95. The molecule has 0 spiro atoms. The number of halogens is 2. The number of hydrogen-bond donors (Lipinski definition) is 0. The molecule has 0 atom stereocenters. The molecule has 35 heteroatoms. The van der Waals surface area contributed by atoms with E-state index in [-0.39, 0.29) is 180 Å². The Morgan fingerprint density at radius 1 is 0.507 bits per heavy atom. The Labute approximate surface area is 488 Å². The molecule has 0 unspecified atom stereocenters. The third kappa shape index (κ3) is 16.2. The first kappa shape index (κ1) is 65.5. The van der Waals surface area contributed by atoms with Gasteiger partial charge in [0.1, 0.15) is 51.8 Å². The van der Waals surface area contributed by atoms with Crippen molar-refractivity contribution in [2.24, 2.45) is 20.5 Å². The summed E-state index contributed by atoms with van der Waals surface area (Å²) >= 11 is 11.4. The van der Waals surface area contributed by atoms with Gasteiger partial charge in [0, 0.05) is 21.4 Å². The molecule has 0 amide bonds. The van der Waals surface area contributed by atoms with Crippen molar-refractivity contribution in [3.8, 4) is 22.9 Å². The molecule has 331 valence electrons. The maximum atomic E-state index is 12.6. The van der Waals surface area contributed by atoms with Gasteiger partial charge in [-0.2, -0.15) is 10.2 Å². The molecule has 1 radical (unpaired) electrons. The van der Waals surface area contributed by atoms with Crippen molar-refractivity contribution >= 4 is 86.4 Å². The SMILES string of the molecule is Cc1[n-]n(-c2cccc(S(=O)(=O)[O-])c2)c(=O)c1N=Nc1cc(Cl)cc(S(=O)(=O)[O-])c1[O-].Cc1[n-]n(-c2cccc(S(=O)(=O)[O-])c2)c(=O)c1N=Nc1cc(Cl)cc(S(=O)(=O)[O-])c1[O-].[Cr+3].[Na+].[Na+].[Na+].[Na+]. The molecular weight excluding hydrogens is 1100 g/mol. The van der Waals surface area contributed by atoms with Crippen LogP contribution in [0.4, 0.5) is 22.7 Å². The fraction of sp³-hybridized carbons (Fsp3) is 0.0625. The molecule has 24 nitrogen and oxygen atoms in total. The summed E-state index contributed by atoms with van der Waals surface area (Å²) in [5, 5.41) is 45.8. The van der Waals surface area contributed by atoms with E-state index in [9.17, 15) is 71.7 Å². The standard InChI is InChI=1S/2C16H13ClN4O8S2.Cr.4Na/c2*1-8-14(19-18-12-5-9(17)6-13(15(12)22)31(27,28)29)16(23)21(20-8)10-3-2-4-11(7-10)30(24,25)26;;;;;/h2*2-7H,1H3,(H4,18,19,20,22,23,24,25,26,27,28,29);;;;;/q;;+3;4*+1/p-8. The van der Waals surface area contributed by atoms with Crippen molar-refractivity contribution in [1.29, 1.82) is 0 Å². The van der Waals surface area contributed by atoms with Gasteiger partial charge in [-0.15, -0.1) is 21.6 Å². The Morgan fingerprint density at radius 2 is 0.821 bits per heavy atom. The van der Waals surface area contributed by atoms with Crippen LogP contribution in [0.3, 0.4) is 0 Å². The second-order valence-corrected chi connectivity index (χ2v) is 18.3. The van der Waals surface area contributed by atoms with Gasteiger partial charge in [0.15, 0.2) is 0 Å². The fourth-order valence-corrected chi connectivity index (χ4v) is 7.74. The van der Waals surface area contributed by atoms with Crippen LogP contribution in [0.1, 0.15) is 11.4 Å². The van der Waals surface area contributed by atoms with Gasteiger partial charge in [0.25, 0.3) is 11.1 Å². The van der Waals surface area contributed by atoms with E-state index in [0.29, 0.717) is 12.1 Å². The van der Waals surface area contributed by atoms with Gasteiger partial charge in [-0.1, -0.05) is 60.7 Å². The first-order chi connectivity index (χ1) is 28.6. The number of aromatic nitrogens is 4. The van der Waals surface area contributed by atoms with Crippen molar-refractivity contribution in [1.82, 2.24) is 19.6 Å². The van der Waals surface area contributed by atoms with E-state index in [1.807, 2.05) is 0 Å². The van der Waals surface area contributed by atoms with Crippen LogP contribution in [-0.2, 0) is 57.8 Å². The van der Waals surface area contributed by atoms with E-state index >= 15 is 0 Å². The molecule has 0 saturated heterocycles. The van der Waals surface area contributed by atoms with Crippen molar-refractivity contribution < 1.29 is 198 Å². The van der Waals surface area contributed by atoms with E-state index in [1.54, 1.807) is 0 Å². The summed E-state index contributed by atoms with van der Waals surface area (Å²) in [6, 6.07) is 12.3. The van der Waals surface area contributed by atoms with Crippen LogP contribution in [0.2, 0.25) is 10.0 Å². The number of azo groups is 2. The minimum Gasteiger partial charge on any atom is -0.870 e. The molecule has 0 N–H and O–H groups in total. The molecule has 0 bridgehead atoms. The predicted octanol–water partition coefficient (Wildman–Crippen LogP) is -9.88. The van der Waals surface area contributed by atoms with Gasteiger partial charge < -0.3 is 48.0 Å². The molecule has 6 rings (SSSR count). The molecule has 2 aromatic heterocycles. The minimum absolute atomic E-state index is 0. The molecule has 4 aromatic carbocycles. The Morgan fingerprint density at radius 3 is 1.10 bits per heavy atom. The van der Waals surface area contributed by atoms with Gasteiger partial charge >= 0.3 is 136 Å². The van der Waals surface area contributed by atoms with Gasteiger partial charge in [-0.25, -0.2) is 33.7 Å². The third-order valence-electron chi connectivity index (χ3n) is 7.73. The van der Waals surface area contributed by atoms with Crippen molar-refractivity contribution in [2.45, 2.75) is 33.4 Å². The average molecular weight is 1110 g/mol. The zero-order chi connectivity index (χ0) is 46.3. The van der Waals surface area contributed by atoms with Crippen LogP contribution >= 0.6 is 23.2 Å². The van der Waals surface area contributed by atoms with Crippen LogP contribution in [0.5, 0.6) is 11.5 Å². The molecule has 0 aliphatic heterocycles. The van der Waals surface area contributed by atoms with Crippen LogP contribution in [-0.4, -0.2) is 61.2 Å². The molecule has 67 heavy (non-hydrogen) atoms. The Hall–Kier alpha value is -1.55. The Balaban J connectivity index is 0.00000121. The van der Waals surface area contributed by atoms with Gasteiger partial charge in [-0.3, -0.25) is 9.59 Å². The summed E-state index contributed by atoms with van der Waals surface area (Å²) in [5.41, 5.74) is -3.70. The summed E-state index contributed by atoms with van der Waals surface area (Å²) in [5.74, 6) is -2.51. The predicted molar refractivity (Wildman–Crippen MR) is 202 cm³/mol. The van der Waals surface area contributed by atoms with Crippen molar-refractivity contribution in [3.63, 3.8) is 0 Å². The molecule has 0 fully saturated rings. The molecule has 0 aliphatic carbocycles. The maximum Gasteiger partial charge on any atom is 3.00 e. The largest absolute Gasteiger partial charge is 3.00 e. The van der Waals surface area contributed by atoms with Crippen molar-refractivity contribution in [2.75, 3.05) is 0 Å². The summed E-state index contributed by atoms with van der Waals surface area (Å²) in [6.07, 6.45) is 0. The minimum atomic E-state index is -5.13. The molecule has 2 heterocycles. The van der Waals surface area contributed by atoms with E-state index in [0.717, 1.165) is 45.8 Å². The molecule has 6 aromatic rings. The van der Waals surface area contributed by atoms with Crippen LogP contribution in [0.25, 0.3) is 11.4 Å². The number of benzene rings is 4. The first-order valence-corrected chi connectivity index (χ1v) is 22.4. The Bertz CT molecular complexity index is 3240. The second-order valence-electron chi connectivity index (χ2n) is 12.0. The normalized spacial score (nSPS) is 11.6. The average Bonchev–Trinajstić information content (AvgIpc) is 3.62. The number of nitrogens with zero attached hydrogens (tertiary/aromatic N) is 8. The number of hydrogen-bond acceptors (Lipinski definition) is 20. The van der Waals surface area contributed by atoms with Crippen LogP contribution < -0.4 is 150 Å². The maximum absolute atomic E-state index is 12.6. The van der Waals surface area contributed by atoms with E-state index in [1.165, 1.54) is 38.1 Å². The van der Waals surface area contributed by atoms with Crippen LogP contribution in [0.15, 0.2) is 122 Å². The third-order valence-corrected chi connectivity index (χ3v) is 11.5. The van der Waals surface area contributed by atoms with E-state index in [4.69, 9.17) is 23.2 Å². The van der Waals surface area contributed by atoms with Gasteiger partial charge in [0.05, 0.1) is 31.0 Å². The summed E-state index contributed by atoms with van der Waals surface area (Å²) < 4.78 is 136. The molecule has 0 aliphatic rings. The first-order valence-electron chi connectivity index (χ1n) is 16.0. The summed E-state index contributed by atoms with van der Waals surface area (Å²) in [6.45, 7) is 2.73. The van der Waals surface area contributed by atoms with Gasteiger partial charge in [-0.05, 0) is 60.7 Å². The second kappa shape index (κ2) is 25.7. The van der Waals surface area contributed by atoms with E-state index in [2.05, 4.69) is 30.7 Å². The molecule has 0 saturated carbocycles. The topological polar surface area (TPSA) is 397 Å². The zero-order valence-corrected chi connectivity index (χ0v) is 48.9. The Kier molecular flexibility index (Phi) is 25.1.